The highest BCUT2D eigenvalue weighted by Crippen LogP contribution is 2.20. The number of nitrogens with zero attached hydrogens (tertiary/aromatic N) is 2. The number of para-hydroxylation sites is 1. The molecule has 0 unspecified atom stereocenters. The first-order valence-electron chi connectivity index (χ1n) is 9.88. The number of carbonyl (C=O) groups excluding carboxylic acids is 1. The zero-order valence-electron chi connectivity index (χ0n) is 16.9. The van der Waals surface area contributed by atoms with Crippen molar-refractivity contribution in [3.8, 4) is 5.75 Å². The molecule has 1 aliphatic heterocycles. The Morgan fingerprint density at radius 1 is 1.07 bits per heavy atom. The van der Waals surface area contributed by atoms with Crippen LogP contribution in [0.4, 0.5) is 8.78 Å². The fraction of sp³-hybridized carbons (Fsp3) is 0.364. The van der Waals surface area contributed by atoms with Crippen LogP contribution in [0.1, 0.15) is 29.5 Å². The number of ether oxygens (including phenoxy) is 1. The second-order valence-corrected chi connectivity index (χ2v) is 6.95. The van der Waals surface area contributed by atoms with Gasteiger partial charge in [0.05, 0.1) is 0 Å². The van der Waals surface area contributed by atoms with E-state index in [4.69, 9.17) is 0 Å². The number of aliphatic imine (C=N–C) groups is 1. The maximum atomic E-state index is 12.6. The lowest BCUT2D eigenvalue weighted by molar-refractivity contribution is -0.128. The van der Waals surface area contributed by atoms with Crippen molar-refractivity contribution in [1.29, 1.82) is 0 Å². The highest BCUT2D eigenvalue weighted by atomic mass is 19.3. The molecule has 2 aromatic carbocycles. The summed E-state index contributed by atoms with van der Waals surface area (Å²) in [7, 11) is 1.64. The van der Waals surface area contributed by atoms with E-state index in [0.717, 1.165) is 24.1 Å². The number of rotatable bonds is 8. The van der Waals surface area contributed by atoms with Crippen LogP contribution in [0.5, 0.6) is 5.75 Å². The Bertz CT molecular complexity index is 889. The predicted molar refractivity (Wildman–Crippen MR) is 111 cm³/mol. The Morgan fingerprint density at radius 2 is 1.70 bits per heavy atom. The number of hydrogen-bond acceptors (Lipinski definition) is 3. The van der Waals surface area contributed by atoms with E-state index >= 15 is 0 Å². The summed E-state index contributed by atoms with van der Waals surface area (Å²) < 4.78 is 29.7. The number of likely N-dealkylation sites (tertiary alicyclic amines) is 1. The van der Waals surface area contributed by atoms with Gasteiger partial charge in [0.1, 0.15) is 5.75 Å². The van der Waals surface area contributed by atoms with Gasteiger partial charge in [0.25, 0.3) is 0 Å². The second-order valence-electron chi connectivity index (χ2n) is 6.95. The Kier molecular flexibility index (Phi) is 7.59. The van der Waals surface area contributed by atoms with Crippen LogP contribution >= 0.6 is 0 Å². The number of hydrogen-bond donors (Lipinski definition) is 2. The average molecular weight is 416 g/mol. The van der Waals surface area contributed by atoms with E-state index in [1.165, 1.54) is 6.07 Å². The van der Waals surface area contributed by atoms with Crippen LogP contribution in [-0.4, -0.2) is 37.0 Å². The fourth-order valence-electron chi connectivity index (χ4n) is 3.40. The summed E-state index contributed by atoms with van der Waals surface area (Å²) in [5.74, 6) is 0.866. The molecule has 0 aromatic heterocycles. The molecular formula is C22H26F2N4O2. The van der Waals surface area contributed by atoms with Gasteiger partial charge in [-0.3, -0.25) is 9.79 Å². The molecule has 1 heterocycles. The number of alkyl halides is 2. The van der Waals surface area contributed by atoms with Crippen LogP contribution in [0.3, 0.4) is 0 Å². The molecule has 1 amide bonds. The minimum atomic E-state index is -2.87. The fourth-order valence-corrected chi connectivity index (χ4v) is 3.40. The van der Waals surface area contributed by atoms with Crippen LogP contribution in [0.15, 0.2) is 53.5 Å². The monoisotopic (exact) mass is 416 g/mol. The number of guanidine groups is 1. The summed E-state index contributed by atoms with van der Waals surface area (Å²) in [6, 6.07) is 14.6. The maximum Gasteiger partial charge on any atom is 0.387 e. The number of benzene rings is 2. The van der Waals surface area contributed by atoms with Gasteiger partial charge in [0, 0.05) is 45.2 Å². The second kappa shape index (κ2) is 10.6. The summed E-state index contributed by atoms with van der Waals surface area (Å²) in [6.07, 6.45) is 1.53. The molecular weight excluding hydrogens is 390 g/mol. The minimum absolute atomic E-state index is 0.135. The van der Waals surface area contributed by atoms with Crippen molar-refractivity contribution in [2.75, 3.05) is 13.6 Å². The highest BCUT2D eigenvalue weighted by Gasteiger charge is 2.20. The van der Waals surface area contributed by atoms with E-state index in [-0.39, 0.29) is 18.2 Å². The molecule has 30 heavy (non-hydrogen) atoms. The van der Waals surface area contributed by atoms with Crippen LogP contribution in [0.2, 0.25) is 0 Å². The van der Waals surface area contributed by atoms with Crippen LogP contribution in [-0.2, 0) is 24.4 Å². The number of carbonyl (C=O) groups is 1. The molecule has 1 fully saturated rings. The number of amides is 1. The van der Waals surface area contributed by atoms with Crippen molar-refractivity contribution in [2.24, 2.45) is 4.99 Å². The maximum absolute atomic E-state index is 12.6. The molecule has 2 aromatic rings. The standard InChI is InChI=1S/C22H26F2N4O2/c1-25-22(27-14-17-8-4-5-10-19(17)30-21(23)24)26-13-16-7-2-3-9-18(16)15-28-12-6-11-20(28)29/h2-5,7-10,21H,6,11-15H2,1H3,(H2,25,26,27). The van der Waals surface area contributed by atoms with E-state index in [1.807, 2.05) is 29.2 Å². The van der Waals surface area contributed by atoms with E-state index in [2.05, 4.69) is 20.4 Å². The van der Waals surface area contributed by atoms with E-state index in [9.17, 15) is 13.6 Å². The molecule has 1 aliphatic rings. The summed E-state index contributed by atoms with van der Waals surface area (Å²) in [5, 5.41) is 6.36. The number of halogens is 2. The van der Waals surface area contributed by atoms with Gasteiger partial charge in [-0.15, -0.1) is 0 Å². The van der Waals surface area contributed by atoms with Gasteiger partial charge in [-0.05, 0) is 23.6 Å². The molecule has 0 aliphatic carbocycles. The van der Waals surface area contributed by atoms with Crippen molar-refractivity contribution < 1.29 is 18.3 Å². The molecule has 3 rings (SSSR count). The first-order chi connectivity index (χ1) is 14.6. The van der Waals surface area contributed by atoms with Crippen LogP contribution < -0.4 is 15.4 Å². The van der Waals surface area contributed by atoms with Gasteiger partial charge in [-0.2, -0.15) is 8.78 Å². The summed E-state index contributed by atoms with van der Waals surface area (Å²) >= 11 is 0. The molecule has 0 radical (unpaired) electrons. The minimum Gasteiger partial charge on any atom is -0.434 e. The third kappa shape index (κ3) is 5.92. The van der Waals surface area contributed by atoms with Crippen LogP contribution in [0, 0.1) is 0 Å². The molecule has 160 valence electrons. The zero-order valence-corrected chi connectivity index (χ0v) is 16.9. The Labute approximate surface area is 174 Å². The Morgan fingerprint density at radius 3 is 2.33 bits per heavy atom. The molecule has 8 heteroatoms. The van der Waals surface area contributed by atoms with Gasteiger partial charge in [-0.1, -0.05) is 42.5 Å². The van der Waals surface area contributed by atoms with Gasteiger partial charge in [-0.25, -0.2) is 0 Å². The molecule has 6 nitrogen and oxygen atoms in total. The summed E-state index contributed by atoms with van der Waals surface area (Å²) in [6.45, 7) is -0.674. The molecule has 0 spiro atoms. The smallest absolute Gasteiger partial charge is 0.387 e. The average Bonchev–Trinajstić information content (AvgIpc) is 3.14. The number of nitrogens with one attached hydrogen (secondary N) is 2. The van der Waals surface area contributed by atoms with E-state index < -0.39 is 6.61 Å². The molecule has 0 bridgehead atoms. The Hall–Kier alpha value is -3.16. The van der Waals surface area contributed by atoms with Gasteiger partial charge in [0.15, 0.2) is 5.96 Å². The lowest BCUT2D eigenvalue weighted by atomic mass is 10.1. The highest BCUT2D eigenvalue weighted by molar-refractivity contribution is 5.80. The molecule has 2 N–H and O–H groups in total. The first-order valence-corrected chi connectivity index (χ1v) is 9.88. The van der Waals surface area contributed by atoms with E-state index in [0.29, 0.717) is 31.0 Å². The zero-order chi connectivity index (χ0) is 21.3. The van der Waals surface area contributed by atoms with Crippen molar-refractivity contribution >= 4 is 11.9 Å². The van der Waals surface area contributed by atoms with Gasteiger partial charge in [0.2, 0.25) is 5.91 Å². The lowest BCUT2D eigenvalue weighted by Crippen LogP contribution is -2.36. The van der Waals surface area contributed by atoms with Crippen LogP contribution in [0.25, 0.3) is 0 Å². The topological polar surface area (TPSA) is 66.0 Å². The SMILES string of the molecule is CN=C(NCc1ccccc1CN1CCCC1=O)NCc1ccccc1OC(F)F. The third-order valence-corrected chi connectivity index (χ3v) is 4.96. The summed E-state index contributed by atoms with van der Waals surface area (Å²) in [4.78, 5) is 18.0. The Balaban J connectivity index is 1.58. The largest absolute Gasteiger partial charge is 0.434 e. The van der Waals surface area contributed by atoms with Crippen molar-refractivity contribution in [3.05, 3.63) is 65.2 Å². The van der Waals surface area contributed by atoms with Crippen molar-refractivity contribution in [2.45, 2.75) is 39.1 Å². The van der Waals surface area contributed by atoms with Gasteiger partial charge >= 0.3 is 6.61 Å². The van der Waals surface area contributed by atoms with E-state index in [1.54, 1.807) is 25.2 Å². The third-order valence-electron chi connectivity index (χ3n) is 4.96. The lowest BCUT2D eigenvalue weighted by Gasteiger charge is -2.19. The first kappa shape index (κ1) is 21.5. The van der Waals surface area contributed by atoms with Gasteiger partial charge < -0.3 is 20.3 Å². The predicted octanol–water partition coefficient (Wildman–Crippen LogP) is 3.28. The normalized spacial score (nSPS) is 14.3. The molecule has 1 saturated heterocycles. The molecule has 0 saturated carbocycles. The van der Waals surface area contributed by atoms with Crippen molar-refractivity contribution in [1.82, 2.24) is 15.5 Å². The van der Waals surface area contributed by atoms with Crippen molar-refractivity contribution in [3.63, 3.8) is 0 Å². The summed E-state index contributed by atoms with van der Waals surface area (Å²) in [5.41, 5.74) is 2.77. The molecule has 0 atom stereocenters. The quantitative estimate of drug-likeness (QED) is 0.512.